The number of aromatic amines is 1. The first-order valence-electron chi connectivity index (χ1n) is 8.82. The molecule has 2 N–H and O–H groups in total. The number of carbonyl (C=O) groups is 1. The van der Waals surface area contributed by atoms with Crippen molar-refractivity contribution in [1.82, 2.24) is 35.5 Å². The Morgan fingerprint density at radius 2 is 2.04 bits per heavy atom. The maximum Gasteiger partial charge on any atom is 0.251 e. The first kappa shape index (κ1) is 18.2. The molecular formula is C19H19N7OS. The van der Waals surface area contributed by atoms with E-state index < -0.39 is 0 Å². The minimum atomic E-state index is -0.188. The molecule has 0 unspecified atom stereocenters. The van der Waals surface area contributed by atoms with E-state index in [4.69, 9.17) is 0 Å². The average molecular weight is 393 g/mol. The number of aromatic nitrogens is 6. The SMILES string of the molecule is CSCC[C@@H](NC(=O)c1ccc(-n2cnnn2)cc1)c1nc2ccccc2[nH]1. The molecule has 0 fully saturated rings. The van der Waals surface area contributed by atoms with Crippen LogP contribution in [0.3, 0.4) is 0 Å². The number of tetrazole rings is 1. The standard InChI is InChI=1S/C19H19N7OS/c1-28-11-10-17(18-21-15-4-2-3-5-16(15)22-18)23-19(27)13-6-8-14(9-7-13)26-12-20-24-25-26/h2-9,12,17H,10-11H2,1H3,(H,21,22)(H,23,27)/t17-/m1/s1. The summed E-state index contributed by atoms with van der Waals surface area (Å²) in [5.74, 6) is 1.55. The van der Waals surface area contributed by atoms with Crippen molar-refractivity contribution in [2.75, 3.05) is 12.0 Å². The van der Waals surface area contributed by atoms with Crippen molar-refractivity contribution < 1.29 is 4.79 Å². The molecule has 2 aromatic carbocycles. The van der Waals surface area contributed by atoms with E-state index in [2.05, 4.69) is 37.1 Å². The van der Waals surface area contributed by atoms with Crippen LogP contribution in [-0.4, -0.2) is 48.1 Å². The van der Waals surface area contributed by atoms with Gasteiger partial charge in [0.25, 0.3) is 5.91 Å². The van der Waals surface area contributed by atoms with Gasteiger partial charge in [-0.25, -0.2) is 9.67 Å². The Balaban J connectivity index is 1.53. The van der Waals surface area contributed by atoms with Crippen LogP contribution in [0.1, 0.15) is 28.6 Å². The summed E-state index contributed by atoms with van der Waals surface area (Å²) in [5.41, 5.74) is 3.22. The molecule has 1 amide bonds. The third-order valence-electron chi connectivity index (χ3n) is 4.40. The number of imidazole rings is 1. The molecule has 0 bridgehead atoms. The van der Waals surface area contributed by atoms with Crippen LogP contribution in [0.4, 0.5) is 0 Å². The number of fused-ring (bicyclic) bond motifs is 1. The summed E-state index contributed by atoms with van der Waals surface area (Å²) in [5, 5.41) is 14.2. The van der Waals surface area contributed by atoms with Crippen LogP contribution in [0.5, 0.6) is 0 Å². The van der Waals surface area contributed by atoms with Crippen LogP contribution in [0.2, 0.25) is 0 Å². The van der Waals surface area contributed by atoms with E-state index in [1.165, 1.54) is 11.0 Å². The number of para-hydroxylation sites is 2. The van der Waals surface area contributed by atoms with E-state index in [1.807, 2.05) is 36.4 Å². The summed E-state index contributed by atoms with van der Waals surface area (Å²) in [4.78, 5) is 20.8. The largest absolute Gasteiger partial charge is 0.342 e. The topological polar surface area (TPSA) is 101 Å². The molecular weight excluding hydrogens is 374 g/mol. The van der Waals surface area contributed by atoms with Gasteiger partial charge >= 0.3 is 0 Å². The summed E-state index contributed by atoms with van der Waals surface area (Å²) in [6, 6.07) is 14.8. The highest BCUT2D eigenvalue weighted by Crippen LogP contribution is 2.21. The minimum absolute atomic E-state index is 0.144. The molecule has 0 saturated carbocycles. The third-order valence-corrected chi connectivity index (χ3v) is 5.04. The predicted molar refractivity (Wildman–Crippen MR) is 108 cm³/mol. The van der Waals surface area contributed by atoms with Crippen LogP contribution < -0.4 is 5.32 Å². The van der Waals surface area contributed by atoms with Gasteiger partial charge in [0.2, 0.25) is 0 Å². The summed E-state index contributed by atoms with van der Waals surface area (Å²) in [6.07, 6.45) is 4.35. The lowest BCUT2D eigenvalue weighted by Gasteiger charge is -2.16. The number of benzene rings is 2. The highest BCUT2D eigenvalue weighted by atomic mass is 32.2. The first-order chi connectivity index (χ1) is 13.7. The zero-order valence-electron chi connectivity index (χ0n) is 15.2. The van der Waals surface area contributed by atoms with Crippen molar-refractivity contribution >= 4 is 28.7 Å². The number of hydrogen-bond acceptors (Lipinski definition) is 6. The second kappa shape index (κ2) is 8.22. The molecule has 142 valence electrons. The van der Waals surface area contributed by atoms with Gasteiger partial charge in [0, 0.05) is 5.56 Å². The summed E-state index contributed by atoms with van der Waals surface area (Å²) >= 11 is 1.74. The Morgan fingerprint density at radius 3 is 2.75 bits per heavy atom. The Bertz CT molecular complexity index is 1030. The lowest BCUT2D eigenvalue weighted by molar-refractivity contribution is 0.0934. The number of nitrogens with zero attached hydrogens (tertiary/aromatic N) is 5. The molecule has 2 heterocycles. The lowest BCUT2D eigenvalue weighted by Crippen LogP contribution is -2.29. The van der Waals surface area contributed by atoms with Crippen LogP contribution in [-0.2, 0) is 0 Å². The molecule has 0 saturated heterocycles. The van der Waals surface area contributed by atoms with Crippen molar-refractivity contribution in [3.8, 4) is 5.69 Å². The summed E-state index contributed by atoms with van der Waals surface area (Å²) < 4.78 is 1.54. The van der Waals surface area contributed by atoms with Gasteiger partial charge < -0.3 is 10.3 Å². The van der Waals surface area contributed by atoms with Gasteiger partial charge in [-0.3, -0.25) is 4.79 Å². The van der Waals surface area contributed by atoms with E-state index in [1.54, 1.807) is 23.9 Å². The highest BCUT2D eigenvalue weighted by Gasteiger charge is 2.19. The fourth-order valence-corrected chi connectivity index (χ4v) is 3.41. The van der Waals surface area contributed by atoms with Crippen LogP contribution in [0.25, 0.3) is 16.7 Å². The van der Waals surface area contributed by atoms with Gasteiger partial charge in [-0.05, 0) is 65.3 Å². The van der Waals surface area contributed by atoms with Crippen molar-refractivity contribution in [2.24, 2.45) is 0 Å². The molecule has 8 nitrogen and oxygen atoms in total. The quantitative estimate of drug-likeness (QED) is 0.501. The predicted octanol–water partition coefficient (Wildman–Crippen LogP) is 2.76. The van der Waals surface area contributed by atoms with Gasteiger partial charge in [-0.15, -0.1) is 5.10 Å². The van der Waals surface area contributed by atoms with E-state index in [0.717, 1.165) is 34.7 Å². The smallest absolute Gasteiger partial charge is 0.251 e. The van der Waals surface area contributed by atoms with Gasteiger partial charge in [0.05, 0.1) is 22.8 Å². The average Bonchev–Trinajstić information content (AvgIpc) is 3.41. The molecule has 4 aromatic rings. The Hall–Kier alpha value is -3.20. The summed E-state index contributed by atoms with van der Waals surface area (Å²) in [6.45, 7) is 0. The number of amides is 1. The lowest BCUT2D eigenvalue weighted by atomic mass is 10.1. The minimum Gasteiger partial charge on any atom is -0.342 e. The van der Waals surface area contributed by atoms with Crippen LogP contribution in [0.15, 0.2) is 54.9 Å². The van der Waals surface area contributed by atoms with Gasteiger partial charge in [-0.1, -0.05) is 12.1 Å². The van der Waals surface area contributed by atoms with Crippen molar-refractivity contribution in [3.63, 3.8) is 0 Å². The Labute approximate surface area is 165 Å². The fraction of sp³-hybridized carbons (Fsp3) is 0.211. The molecule has 2 aromatic heterocycles. The Kier molecular flexibility index (Phi) is 5.34. The van der Waals surface area contributed by atoms with E-state index >= 15 is 0 Å². The van der Waals surface area contributed by atoms with Gasteiger partial charge in [0.1, 0.15) is 12.2 Å². The Morgan fingerprint density at radius 1 is 1.21 bits per heavy atom. The van der Waals surface area contributed by atoms with Crippen molar-refractivity contribution in [2.45, 2.75) is 12.5 Å². The molecule has 4 rings (SSSR count). The second-order valence-electron chi connectivity index (χ2n) is 6.25. The number of hydrogen-bond donors (Lipinski definition) is 2. The third kappa shape index (κ3) is 3.89. The number of H-pyrrole nitrogens is 1. The zero-order chi connectivity index (χ0) is 19.3. The first-order valence-corrected chi connectivity index (χ1v) is 10.2. The number of thioether (sulfide) groups is 1. The van der Waals surface area contributed by atoms with Crippen molar-refractivity contribution in [3.05, 3.63) is 66.2 Å². The van der Waals surface area contributed by atoms with Gasteiger partial charge in [-0.2, -0.15) is 11.8 Å². The molecule has 0 aliphatic carbocycles. The van der Waals surface area contributed by atoms with Crippen LogP contribution >= 0.6 is 11.8 Å². The molecule has 0 spiro atoms. The van der Waals surface area contributed by atoms with Crippen molar-refractivity contribution in [1.29, 1.82) is 0 Å². The van der Waals surface area contributed by atoms with Crippen LogP contribution in [0, 0.1) is 0 Å². The fourth-order valence-electron chi connectivity index (χ4n) is 2.94. The van der Waals surface area contributed by atoms with E-state index in [9.17, 15) is 4.79 Å². The maximum atomic E-state index is 12.8. The van der Waals surface area contributed by atoms with E-state index in [-0.39, 0.29) is 11.9 Å². The molecule has 28 heavy (non-hydrogen) atoms. The maximum absolute atomic E-state index is 12.8. The molecule has 0 aliphatic heterocycles. The molecule has 9 heteroatoms. The van der Waals surface area contributed by atoms with Gasteiger partial charge in [0.15, 0.2) is 0 Å². The molecule has 0 radical (unpaired) electrons. The number of rotatable bonds is 7. The highest BCUT2D eigenvalue weighted by molar-refractivity contribution is 7.98. The van der Waals surface area contributed by atoms with E-state index in [0.29, 0.717) is 5.56 Å². The normalized spacial score (nSPS) is 12.2. The number of carbonyl (C=O) groups excluding carboxylic acids is 1. The monoisotopic (exact) mass is 393 g/mol. The zero-order valence-corrected chi connectivity index (χ0v) is 16.1. The second-order valence-corrected chi connectivity index (χ2v) is 7.23. The molecule has 1 atom stereocenters. The molecule has 0 aliphatic rings. The summed E-state index contributed by atoms with van der Waals surface area (Å²) in [7, 11) is 0. The number of nitrogens with one attached hydrogen (secondary N) is 2.